The molecule has 1 saturated carbocycles. The molecule has 32 heavy (non-hydrogen) atoms. The summed E-state index contributed by atoms with van der Waals surface area (Å²) in [5.41, 5.74) is 0.521. The van der Waals surface area contributed by atoms with Gasteiger partial charge in [0, 0.05) is 30.3 Å². The van der Waals surface area contributed by atoms with E-state index in [9.17, 15) is 24.4 Å². The third kappa shape index (κ3) is 6.80. The molecule has 0 bridgehead atoms. The third-order valence-electron chi connectivity index (χ3n) is 5.67. The Morgan fingerprint density at radius 1 is 1.03 bits per heavy atom. The van der Waals surface area contributed by atoms with E-state index in [1.54, 1.807) is 0 Å². The first-order chi connectivity index (χ1) is 15.0. The quantitative estimate of drug-likeness (QED) is 0.451. The summed E-state index contributed by atoms with van der Waals surface area (Å²) < 4.78 is 0. The van der Waals surface area contributed by atoms with Gasteiger partial charge in [-0.3, -0.25) is 19.3 Å². The van der Waals surface area contributed by atoms with Gasteiger partial charge in [0.05, 0.1) is 0 Å². The van der Waals surface area contributed by atoms with Crippen LogP contribution in [0.5, 0.6) is 0 Å². The van der Waals surface area contributed by atoms with Crippen LogP contribution in [0.15, 0.2) is 18.2 Å². The Balaban J connectivity index is 2.46. The van der Waals surface area contributed by atoms with Crippen LogP contribution in [-0.4, -0.2) is 53.0 Å². The van der Waals surface area contributed by atoms with Crippen molar-refractivity contribution in [1.29, 1.82) is 0 Å². The lowest BCUT2D eigenvalue weighted by molar-refractivity contribution is -0.127. The lowest BCUT2D eigenvalue weighted by atomic mass is 9.79. The van der Waals surface area contributed by atoms with Crippen LogP contribution in [0.3, 0.4) is 0 Å². The average Bonchev–Trinajstić information content (AvgIpc) is 2.71. The Morgan fingerprint density at radius 2 is 1.66 bits per heavy atom. The van der Waals surface area contributed by atoms with Gasteiger partial charge >= 0.3 is 7.12 Å². The highest BCUT2D eigenvalue weighted by atomic mass is 16.4. The molecule has 1 aliphatic rings. The summed E-state index contributed by atoms with van der Waals surface area (Å²) in [5.74, 6) is -1.23. The van der Waals surface area contributed by atoms with Crippen molar-refractivity contribution in [3.63, 3.8) is 0 Å². The maximum absolute atomic E-state index is 13.3. The SMILES string of the molecule is CC(=O)N(c1cc(B(O)O)cc(C(=O)NC(C)C)c1)C(C(=O)NC1CCCCC1)C(C)C. The number of anilines is 1. The van der Waals surface area contributed by atoms with E-state index in [2.05, 4.69) is 10.6 Å². The van der Waals surface area contributed by atoms with Crippen LogP contribution in [0.4, 0.5) is 5.69 Å². The first kappa shape index (κ1) is 25.9. The number of nitrogens with zero attached hydrogens (tertiary/aromatic N) is 1. The van der Waals surface area contributed by atoms with Crippen molar-refractivity contribution in [3.05, 3.63) is 23.8 Å². The van der Waals surface area contributed by atoms with Gasteiger partial charge in [0.2, 0.25) is 11.8 Å². The molecule has 1 fully saturated rings. The molecule has 9 heteroatoms. The molecule has 3 amide bonds. The van der Waals surface area contributed by atoms with Crippen molar-refractivity contribution in [1.82, 2.24) is 10.6 Å². The monoisotopic (exact) mass is 445 g/mol. The Bertz CT molecular complexity index is 822. The fraction of sp³-hybridized carbons (Fsp3) is 0.609. The molecule has 0 spiro atoms. The van der Waals surface area contributed by atoms with Crippen LogP contribution in [0.1, 0.15) is 77.1 Å². The van der Waals surface area contributed by atoms with Gasteiger partial charge in [-0.2, -0.15) is 0 Å². The zero-order chi connectivity index (χ0) is 24.0. The number of benzene rings is 1. The molecule has 2 rings (SSSR count). The highest BCUT2D eigenvalue weighted by Gasteiger charge is 2.34. The van der Waals surface area contributed by atoms with Crippen LogP contribution in [0.2, 0.25) is 0 Å². The molecule has 1 atom stereocenters. The smallest absolute Gasteiger partial charge is 0.423 e. The van der Waals surface area contributed by atoms with E-state index in [0.29, 0.717) is 0 Å². The van der Waals surface area contributed by atoms with Crippen LogP contribution in [0, 0.1) is 5.92 Å². The summed E-state index contributed by atoms with van der Waals surface area (Å²) in [6.07, 6.45) is 5.14. The van der Waals surface area contributed by atoms with Crippen molar-refractivity contribution in [2.75, 3.05) is 4.90 Å². The van der Waals surface area contributed by atoms with Gasteiger partial charge in [0.1, 0.15) is 6.04 Å². The van der Waals surface area contributed by atoms with Crippen molar-refractivity contribution in [2.45, 2.75) is 84.8 Å². The summed E-state index contributed by atoms with van der Waals surface area (Å²) in [7, 11) is -1.83. The zero-order valence-corrected chi connectivity index (χ0v) is 19.7. The van der Waals surface area contributed by atoms with Crippen LogP contribution in [-0.2, 0) is 9.59 Å². The topological polar surface area (TPSA) is 119 Å². The first-order valence-electron chi connectivity index (χ1n) is 11.4. The Hall–Kier alpha value is -2.39. The number of nitrogens with one attached hydrogen (secondary N) is 2. The van der Waals surface area contributed by atoms with Gasteiger partial charge in [-0.15, -0.1) is 0 Å². The molecular formula is C23H36BN3O5. The van der Waals surface area contributed by atoms with E-state index < -0.39 is 19.1 Å². The Labute approximate surface area is 190 Å². The molecular weight excluding hydrogens is 409 g/mol. The minimum absolute atomic E-state index is 0.0675. The molecule has 0 saturated heterocycles. The highest BCUT2D eigenvalue weighted by molar-refractivity contribution is 6.58. The van der Waals surface area contributed by atoms with E-state index in [0.717, 1.165) is 32.1 Å². The van der Waals surface area contributed by atoms with Gasteiger partial charge in [-0.05, 0) is 56.3 Å². The molecule has 1 aromatic carbocycles. The summed E-state index contributed by atoms with van der Waals surface area (Å²) in [4.78, 5) is 40.0. The van der Waals surface area contributed by atoms with E-state index in [1.807, 2.05) is 27.7 Å². The lowest BCUT2D eigenvalue weighted by Gasteiger charge is -2.35. The second-order valence-electron chi connectivity index (χ2n) is 9.24. The standard InChI is InChI=1S/C23H36BN3O5/c1-14(2)21(23(30)26-19-9-7-6-8-10-19)27(16(5)28)20-12-17(22(29)25-15(3)4)11-18(13-20)24(31)32/h11-15,19,21,31-32H,6-10H2,1-5H3,(H,25,29)(H,26,30). The summed E-state index contributed by atoms with van der Waals surface area (Å²) in [6.45, 7) is 8.71. The predicted molar refractivity (Wildman–Crippen MR) is 126 cm³/mol. The minimum Gasteiger partial charge on any atom is -0.423 e. The maximum Gasteiger partial charge on any atom is 0.488 e. The molecule has 0 radical (unpaired) electrons. The van der Waals surface area contributed by atoms with Gasteiger partial charge in [0.25, 0.3) is 5.91 Å². The van der Waals surface area contributed by atoms with E-state index >= 15 is 0 Å². The molecule has 176 valence electrons. The van der Waals surface area contributed by atoms with Gasteiger partial charge in [0.15, 0.2) is 0 Å². The van der Waals surface area contributed by atoms with Crippen LogP contribution < -0.4 is 21.0 Å². The predicted octanol–water partition coefficient (Wildman–Crippen LogP) is 1.33. The van der Waals surface area contributed by atoms with Crippen molar-refractivity contribution < 1.29 is 24.4 Å². The fourth-order valence-corrected chi connectivity index (χ4v) is 4.19. The van der Waals surface area contributed by atoms with E-state index in [4.69, 9.17) is 0 Å². The van der Waals surface area contributed by atoms with Gasteiger partial charge < -0.3 is 20.7 Å². The zero-order valence-electron chi connectivity index (χ0n) is 19.7. The third-order valence-corrected chi connectivity index (χ3v) is 5.67. The number of carbonyl (C=O) groups excluding carboxylic acids is 3. The average molecular weight is 445 g/mol. The Kier molecular flexibility index (Phi) is 9.27. The number of hydrogen-bond acceptors (Lipinski definition) is 5. The van der Waals surface area contributed by atoms with Crippen LogP contribution in [0.25, 0.3) is 0 Å². The van der Waals surface area contributed by atoms with Gasteiger partial charge in [-0.25, -0.2) is 0 Å². The first-order valence-corrected chi connectivity index (χ1v) is 11.4. The normalized spacial score (nSPS) is 15.4. The summed E-state index contributed by atoms with van der Waals surface area (Å²) in [6, 6.07) is 3.47. The lowest BCUT2D eigenvalue weighted by Crippen LogP contribution is -2.54. The highest BCUT2D eigenvalue weighted by Crippen LogP contribution is 2.24. The molecule has 0 heterocycles. The number of hydrogen-bond donors (Lipinski definition) is 4. The molecule has 1 unspecified atom stereocenters. The number of amides is 3. The Morgan fingerprint density at radius 3 is 2.16 bits per heavy atom. The molecule has 0 aliphatic heterocycles. The molecule has 4 N–H and O–H groups in total. The molecule has 1 aromatic rings. The van der Waals surface area contributed by atoms with Crippen LogP contribution >= 0.6 is 0 Å². The number of carbonyl (C=O) groups is 3. The molecule has 0 aromatic heterocycles. The largest absolute Gasteiger partial charge is 0.488 e. The van der Waals surface area contributed by atoms with E-state index in [-0.39, 0.29) is 46.5 Å². The summed E-state index contributed by atoms with van der Waals surface area (Å²) in [5, 5.41) is 25.4. The summed E-state index contributed by atoms with van der Waals surface area (Å²) >= 11 is 0. The van der Waals surface area contributed by atoms with E-state index in [1.165, 1.54) is 30.0 Å². The van der Waals surface area contributed by atoms with Gasteiger partial charge in [-0.1, -0.05) is 33.1 Å². The van der Waals surface area contributed by atoms with Crippen molar-refractivity contribution >= 4 is 36.0 Å². The number of rotatable bonds is 8. The van der Waals surface area contributed by atoms with Crippen molar-refractivity contribution in [3.8, 4) is 0 Å². The molecule has 8 nitrogen and oxygen atoms in total. The fourth-order valence-electron chi connectivity index (χ4n) is 4.19. The molecule has 1 aliphatic carbocycles. The van der Waals surface area contributed by atoms with Crippen molar-refractivity contribution in [2.24, 2.45) is 5.92 Å². The minimum atomic E-state index is -1.83. The second-order valence-corrected chi connectivity index (χ2v) is 9.24. The second kappa shape index (κ2) is 11.5. The maximum atomic E-state index is 13.3.